The molecular weight excluding hydrogens is 406 g/mol. The molecule has 2 aromatic rings. The number of nitrogens with zero attached hydrogens (tertiary/aromatic N) is 3. The van der Waals surface area contributed by atoms with Crippen molar-refractivity contribution in [1.82, 2.24) is 15.3 Å². The van der Waals surface area contributed by atoms with Crippen molar-refractivity contribution in [3.8, 4) is 11.3 Å². The van der Waals surface area contributed by atoms with E-state index in [0.29, 0.717) is 31.9 Å². The maximum Gasteiger partial charge on any atom is 0.407 e. The lowest BCUT2D eigenvalue weighted by molar-refractivity contribution is 0.0523. The number of rotatable bonds is 9. The number of nitrogens with two attached hydrogens (primary N) is 1. The van der Waals surface area contributed by atoms with Gasteiger partial charge in [-0.3, -0.25) is 4.99 Å². The second kappa shape index (κ2) is 12.0. The number of hydrogen-bond donors (Lipinski definition) is 2. The van der Waals surface area contributed by atoms with Crippen LogP contribution in [0.1, 0.15) is 37.7 Å². The summed E-state index contributed by atoms with van der Waals surface area (Å²) in [6.45, 7) is 9.04. The van der Waals surface area contributed by atoms with Crippen LogP contribution in [0.4, 0.5) is 4.79 Å². The molecule has 0 aliphatic carbocycles. The molecule has 1 heterocycles. The maximum absolute atomic E-state index is 11.9. The van der Waals surface area contributed by atoms with E-state index < -0.39 is 11.7 Å². The van der Waals surface area contributed by atoms with Gasteiger partial charge in [-0.05, 0) is 62.7 Å². The summed E-state index contributed by atoms with van der Waals surface area (Å²) in [5.74, 6) is 0.658. The normalized spacial score (nSPS) is 12.2. The van der Waals surface area contributed by atoms with Crippen LogP contribution in [0.3, 0.4) is 0 Å². The van der Waals surface area contributed by atoms with Gasteiger partial charge in [0, 0.05) is 38.1 Å². The van der Waals surface area contributed by atoms with E-state index in [1.165, 1.54) is 6.20 Å². The number of ether oxygens (including phenoxy) is 2. The Hall–Kier alpha value is -3.26. The summed E-state index contributed by atoms with van der Waals surface area (Å²) < 4.78 is 10.3. The average Bonchev–Trinajstić information content (AvgIpc) is 2.74. The van der Waals surface area contributed by atoms with Crippen LogP contribution in [-0.4, -0.2) is 48.1 Å². The molecule has 3 N–H and O–H groups in total. The van der Waals surface area contributed by atoms with Gasteiger partial charge in [0.1, 0.15) is 11.4 Å². The van der Waals surface area contributed by atoms with E-state index in [0.717, 1.165) is 28.0 Å². The van der Waals surface area contributed by atoms with E-state index in [2.05, 4.69) is 20.3 Å². The quantitative estimate of drug-likeness (QED) is 0.456. The van der Waals surface area contributed by atoms with E-state index in [1.54, 1.807) is 19.5 Å². The van der Waals surface area contributed by atoms with Gasteiger partial charge in [0.25, 0.3) is 0 Å². The summed E-state index contributed by atoms with van der Waals surface area (Å²) >= 11 is 0. The highest BCUT2D eigenvalue weighted by atomic mass is 16.6. The van der Waals surface area contributed by atoms with Gasteiger partial charge in [-0.15, -0.1) is 0 Å². The molecule has 0 saturated heterocycles. The zero-order valence-electron chi connectivity index (χ0n) is 19.5. The van der Waals surface area contributed by atoms with Crippen molar-refractivity contribution in [3.05, 3.63) is 59.2 Å². The minimum Gasteiger partial charge on any atom is -0.444 e. The van der Waals surface area contributed by atoms with Gasteiger partial charge in [-0.1, -0.05) is 12.1 Å². The lowest BCUT2D eigenvalue weighted by Gasteiger charge is -2.20. The molecule has 32 heavy (non-hydrogen) atoms. The van der Waals surface area contributed by atoms with Crippen LogP contribution < -0.4 is 11.1 Å². The number of aromatic nitrogens is 2. The summed E-state index contributed by atoms with van der Waals surface area (Å²) in [5, 5.41) is 2.79. The van der Waals surface area contributed by atoms with Gasteiger partial charge in [-0.25, -0.2) is 14.8 Å². The minimum atomic E-state index is -0.525. The Morgan fingerprint density at radius 1 is 1.28 bits per heavy atom. The zero-order valence-corrected chi connectivity index (χ0v) is 19.5. The summed E-state index contributed by atoms with van der Waals surface area (Å²) in [4.78, 5) is 25.2. The summed E-state index contributed by atoms with van der Waals surface area (Å²) in [5.41, 5.74) is 9.88. The highest BCUT2D eigenvalue weighted by Crippen LogP contribution is 2.21. The topological polar surface area (TPSA) is 112 Å². The molecule has 0 aliphatic heterocycles. The SMILES string of the molecule is COCCN=C/C(=C\N)Cc1nccc(-c2ccc(CNC(=O)OC(C)(C)C)c(C)c2)n1. The first-order chi connectivity index (χ1) is 15.2. The Morgan fingerprint density at radius 3 is 2.72 bits per heavy atom. The Kier molecular flexibility index (Phi) is 9.34. The zero-order chi connectivity index (χ0) is 23.6. The third kappa shape index (κ3) is 8.47. The number of carbonyl (C=O) groups excluding carboxylic acids is 1. The van der Waals surface area contributed by atoms with Crippen molar-refractivity contribution in [2.45, 2.75) is 46.3 Å². The molecule has 1 amide bonds. The van der Waals surface area contributed by atoms with Gasteiger partial charge in [0.15, 0.2) is 0 Å². The molecule has 172 valence electrons. The number of nitrogens with one attached hydrogen (secondary N) is 1. The van der Waals surface area contributed by atoms with Crippen molar-refractivity contribution < 1.29 is 14.3 Å². The number of amides is 1. The molecule has 8 heteroatoms. The number of allylic oxidation sites excluding steroid dienone is 1. The molecule has 0 radical (unpaired) electrons. The van der Waals surface area contributed by atoms with Gasteiger partial charge in [0.2, 0.25) is 0 Å². The van der Waals surface area contributed by atoms with Crippen LogP contribution in [0.25, 0.3) is 11.3 Å². The number of alkyl carbamates (subject to hydrolysis) is 1. The number of methoxy groups -OCH3 is 1. The fourth-order valence-corrected chi connectivity index (χ4v) is 2.84. The van der Waals surface area contributed by atoms with Crippen LogP contribution in [-0.2, 0) is 22.4 Å². The van der Waals surface area contributed by atoms with Crippen LogP contribution >= 0.6 is 0 Å². The first-order valence-electron chi connectivity index (χ1n) is 10.5. The molecule has 0 saturated carbocycles. The molecule has 0 aliphatic rings. The average molecular weight is 440 g/mol. The Morgan fingerprint density at radius 2 is 2.06 bits per heavy atom. The minimum absolute atomic E-state index is 0.392. The van der Waals surface area contributed by atoms with E-state index in [1.807, 2.05) is 52.0 Å². The first kappa shape index (κ1) is 25.0. The van der Waals surface area contributed by atoms with Crippen LogP contribution in [0.2, 0.25) is 0 Å². The van der Waals surface area contributed by atoms with Crippen molar-refractivity contribution in [1.29, 1.82) is 0 Å². The van der Waals surface area contributed by atoms with Crippen molar-refractivity contribution in [2.24, 2.45) is 10.7 Å². The third-order valence-electron chi connectivity index (χ3n) is 4.42. The smallest absolute Gasteiger partial charge is 0.407 e. The van der Waals surface area contributed by atoms with E-state index in [4.69, 9.17) is 15.2 Å². The predicted octanol–water partition coefficient (Wildman–Crippen LogP) is 3.58. The largest absolute Gasteiger partial charge is 0.444 e. The fourth-order valence-electron chi connectivity index (χ4n) is 2.84. The molecule has 0 spiro atoms. The monoisotopic (exact) mass is 439 g/mol. The Balaban J connectivity index is 2.07. The van der Waals surface area contributed by atoms with Crippen molar-refractivity contribution in [3.63, 3.8) is 0 Å². The van der Waals surface area contributed by atoms with Gasteiger partial charge in [0.05, 0.1) is 18.8 Å². The number of benzene rings is 1. The third-order valence-corrected chi connectivity index (χ3v) is 4.42. The number of carbonyl (C=O) groups is 1. The van der Waals surface area contributed by atoms with Crippen LogP contribution in [0, 0.1) is 6.92 Å². The van der Waals surface area contributed by atoms with E-state index in [9.17, 15) is 4.79 Å². The molecule has 1 aromatic heterocycles. The van der Waals surface area contributed by atoms with Crippen molar-refractivity contribution >= 4 is 12.3 Å². The Bertz CT molecular complexity index is 964. The molecule has 0 fully saturated rings. The van der Waals surface area contributed by atoms with Crippen LogP contribution in [0.5, 0.6) is 0 Å². The number of hydrogen-bond acceptors (Lipinski definition) is 7. The molecule has 1 aromatic carbocycles. The standard InChI is InChI=1S/C24H33N5O3/c1-17-12-19(6-7-20(17)16-28-23(30)32-24(2,3)4)21-8-9-27-22(29-21)13-18(14-25)15-26-10-11-31-5/h6-9,12,14-15H,10-11,13,16,25H2,1-5H3,(H,28,30)/b18-14-,26-15?. The van der Waals surface area contributed by atoms with Gasteiger partial charge < -0.3 is 20.5 Å². The number of aliphatic imine (C=N–C) groups is 1. The highest BCUT2D eigenvalue weighted by molar-refractivity contribution is 5.78. The molecule has 0 atom stereocenters. The lowest BCUT2D eigenvalue weighted by Crippen LogP contribution is -2.32. The highest BCUT2D eigenvalue weighted by Gasteiger charge is 2.16. The molecule has 8 nitrogen and oxygen atoms in total. The van der Waals surface area contributed by atoms with E-state index in [-0.39, 0.29) is 0 Å². The fraction of sp³-hybridized carbons (Fsp3) is 0.417. The van der Waals surface area contributed by atoms with Crippen LogP contribution in [0.15, 0.2) is 47.2 Å². The van der Waals surface area contributed by atoms with E-state index >= 15 is 0 Å². The lowest BCUT2D eigenvalue weighted by atomic mass is 10.0. The summed E-state index contributed by atoms with van der Waals surface area (Å²) in [6, 6.07) is 7.88. The molecular formula is C24H33N5O3. The second-order valence-corrected chi connectivity index (χ2v) is 8.30. The Labute approximate surface area is 190 Å². The maximum atomic E-state index is 11.9. The van der Waals surface area contributed by atoms with Gasteiger partial charge >= 0.3 is 6.09 Å². The predicted molar refractivity (Wildman–Crippen MR) is 126 cm³/mol. The molecule has 0 bridgehead atoms. The summed E-state index contributed by atoms with van der Waals surface area (Å²) in [7, 11) is 1.64. The molecule has 0 unspecified atom stereocenters. The molecule has 2 rings (SSSR count). The number of aryl methyl sites for hydroxylation is 1. The first-order valence-corrected chi connectivity index (χ1v) is 10.5. The summed E-state index contributed by atoms with van der Waals surface area (Å²) in [6.07, 6.45) is 5.03. The second-order valence-electron chi connectivity index (χ2n) is 8.30. The van der Waals surface area contributed by atoms with Gasteiger partial charge in [-0.2, -0.15) is 0 Å². The van der Waals surface area contributed by atoms with Crippen molar-refractivity contribution in [2.75, 3.05) is 20.3 Å².